The second-order valence-electron chi connectivity index (χ2n) is 4.54. The lowest BCUT2D eigenvalue weighted by Gasteiger charge is -2.15. The summed E-state index contributed by atoms with van der Waals surface area (Å²) in [7, 11) is 0. The van der Waals surface area contributed by atoms with Crippen LogP contribution in [0.1, 0.15) is 37.9 Å². The fraction of sp³-hybridized carbons (Fsp3) is 0.538. The van der Waals surface area contributed by atoms with Gasteiger partial charge in [-0.15, -0.1) is 0 Å². The molecule has 4 nitrogen and oxygen atoms in total. The first-order chi connectivity index (χ1) is 8.25. The summed E-state index contributed by atoms with van der Waals surface area (Å²) < 4.78 is 0. The van der Waals surface area contributed by atoms with Gasteiger partial charge in [-0.05, 0) is 38.4 Å². The summed E-state index contributed by atoms with van der Waals surface area (Å²) in [6.45, 7) is 3.00. The van der Waals surface area contributed by atoms with Gasteiger partial charge in [-0.1, -0.05) is 6.07 Å². The molecule has 1 aromatic heterocycles. The summed E-state index contributed by atoms with van der Waals surface area (Å²) in [5.74, 6) is 0.0996. The molecule has 1 aliphatic heterocycles. The minimum absolute atomic E-state index is 0.0231. The Morgan fingerprint density at radius 2 is 2.53 bits per heavy atom. The number of nitrogens with one attached hydrogen (secondary N) is 2. The molecule has 2 unspecified atom stereocenters. The zero-order valence-electron chi connectivity index (χ0n) is 10.1. The van der Waals surface area contributed by atoms with Crippen molar-refractivity contribution in [2.75, 3.05) is 6.54 Å². The Morgan fingerprint density at radius 1 is 1.65 bits per heavy atom. The van der Waals surface area contributed by atoms with Crippen molar-refractivity contribution in [3.8, 4) is 0 Å². The normalized spacial score (nSPS) is 21.1. The Hall–Kier alpha value is -1.42. The zero-order valence-corrected chi connectivity index (χ0v) is 10.1. The van der Waals surface area contributed by atoms with Crippen molar-refractivity contribution in [2.45, 2.75) is 38.3 Å². The van der Waals surface area contributed by atoms with E-state index in [1.807, 2.05) is 25.1 Å². The van der Waals surface area contributed by atoms with Crippen LogP contribution in [-0.4, -0.2) is 23.5 Å². The highest BCUT2D eigenvalue weighted by atomic mass is 16.1. The Kier molecular flexibility index (Phi) is 4.09. The molecule has 0 saturated carbocycles. The lowest BCUT2D eigenvalue weighted by atomic mass is 10.1. The summed E-state index contributed by atoms with van der Waals surface area (Å²) in [5, 5.41) is 6.31. The second kappa shape index (κ2) is 5.77. The van der Waals surface area contributed by atoms with Crippen LogP contribution in [0.4, 0.5) is 0 Å². The van der Waals surface area contributed by atoms with Crippen molar-refractivity contribution < 1.29 is 4.79 Å². The number of pyridine rings is 1. The van der Waals surface area contributed by atoms with E-state index in [4.69, 9.17) is 0 Å². The van der Waals surface area contributed by atoms with Gasteiger partial charge in [-0.3, -0.25) is 9.78 Å². The topological polar surface area (TPSA) is 54.0 Å². The summed E-state index contributed by atoms with van der Waals surface area (Å²) in [6, 6.07) is 6.07. The number of nitrogens with zero attached hydrogens (tertiary/aromatic N) is 1. The summed E-state index contributed by atoms with van der Waals surface area (Å²) in [4.78, 5) is 16.0. The summed E-state index contributed by atoms with van der Waals surface area (Å²) >= 11 is 0. The molecule has 0 aromatic carbocycles. The monoisotopic (exact) mass is 233 g/mol. The van der Waals surface area contributed by atoms with Gasteiger partial charge >= 0.3 is 0 Å². The van der Waals surface area contributed by atoms with Crippen molar-refractivity contribution in [3.63, 3.8) is 0 Å². The molecule has 92 valence electrons. The average molecular weight is 233 g/mol. The van der Waals surface area contributed by atoms with Crippen molar-refractivity contribution in [1.29, 1.82) is 0 Å². The van der Waals surface area contributed by atoms with Gasteiger partial charge in [0.15, 0.2) is 0 Å². The molecule has 0 radical (unpaired) electrons. The maximum Gasteiger partial charge on any atom is 0.222 e. The number of carbonyl (C=O) groups excluding carboxylic acids is 1. The Balaban J connectivity index is 1.81. The molecule has 2 rings (SSSR count). The number of amides is 1. The van der Waals surface area contributed by atoms with E-state index in [0.29, 0.717) is 12.5 Å². The highest BCUT2D eigenvalue weighted by molar-refractivity contribution is 5.77. The van der Waals surface area contributed by atoms with E-state index < -0.39 is 0 Å². The van der Waals surface area contributed by atoms with Crippen LogP contribution in [0.25, 0.3) is 0 Å². The van der Waals surface area contributed by atoms with Crippen molar-refractivity contribution in [2.24, 2.45) is 0 Å². The van der Waals surface area contributed by atoms with Crippen LogP contribution in [0.5, 0.6) is 0 Å². The molecule has 2 heterocycles. The van der Waals surface area contributed by atoms with Gasteiger partial charge in [-0.2, -0.15) is 0 Å². The van der Waals surface area contributed by atoms with Crippen molar-refractivity contribution in [3.05, 3.63) is 30.1 Å². The molecule has 1 saturated heterocycles. The summed E-state index contributed by atoms with van der Waals surface area (Å²) in [6.07, 6.45) is 4.59. The molecule has 2 N–H and O–H groups in total. The minimum Gasteiger partial charge on any atom is -0.348 e. The molecule has 1 fully saturated rings. The molecule has 0 bridgehead atoms. The predicted molar refractivity (Wildman–Crippen MR) is 66.4 cm³/mol. The maximum atomic E-state index is 11.8. The number of hydrogen-bond acceptors (Lipinski definition) is 3. The maximum absolute atomic E-state index is 11.8. The third-order valence-corrected chi connectivity index (χ3v) is 3.10. The number of rotatable bonds is 4. The van der Waals surface area contributed by atoms with Gasteiger partial charge in [0.2, 0.25) is 5.91 Å². The van der Waals surface area contributed by atoms with Crippen LogP contribution in [0.3, 0.4) is 0 Å². The van der Waals surface area contributed by atoms with Gasteiger partial charge in [0, 0.05) is 18.7 Å². The Morgan fingerprint density at radius 3 is 3.18 bits per heavy atom. The van der Waals surface area contributed by atoms with E-state index in [9.17, 15) is 4.79 Å². The molecule has 4 heteroatoms. The lowest BCUT2D eigenvalue weighted by molar-refractivity contribution is -0.122. The van der Waals surface area contributed by atoms with Gasteiger partial charge < -0.3 is 10.6 Å². The van der Waals surface area contributed by atoms with Gasteiger partial charge in [0.25, 0.3) is 0 Å². The predicted octanol–water partition coefficient (Wildman–Crippen LogP) is 1.40. The molecular weight excluding hydrogens is 214 g/mol. The highest BCUT2D eigenvalue weighted by Crippen LogP contribution is 2.11. The van der Waals surface area contributed by atoms with Crippen LogP contribution >= 0.6 is 0 Å². The lowest BCUT2D eigenvalue weighted by Crippen LogP contribution is -2.33. The molecule has 0 aliphatic carbocycles. The van der Waals surface area contributed by atoms with Gasteiger partial charge in [-0.25, -0.2) is 0 Å². The van der Waals surface area contributed by atoms with E-state index in [2.05, 4.69) is 15.6 Å². The van der Waals surface area contributed by atoms with Gasteiger partial charge in [0.05, 0.1) is 11.7 Å². The SMILES string of the molecule is CC(NC(=O)CC1CCCN1)c1ccccn1. The molecule has 1 aromatic rings. The first-order valence-electron chi connectivity index (χ1n) is 6.19. The van der Waals surface area contributed by atoms with Crippen LogP contribution < -0.4 is 10.6 Å². The van der Waals surface area contributed by atoms with E-state index in [1.165, 1.54) is 6.42 Å². The zero-order chi connectivity index (χ0) is 12.1. The molecule has 17 heavy (non-hydrogen) atoms. The third kappa shape index (κ3) is 3.53. The van der Waals surface area contributed by atoms with Crippen LogP contribution in [0.2, 0.25) is 0 Å². The first-order valence-corrected chi connectivity index (χ1v) is 6.19. The summed E-state index contributed by atoms with van der Waals surface area (Å²) in [5.41, 5.74) is 0.903. The average Bonchev–Trinajstić information content (AvgIpc) is 2.82. The molecule has 1 aliphatic rings. The minimum atomic E-state index is -0.0231. The van der Waals surface area contributed by atoms with Crippen molar-refractivity contribution >= 4 is 5.91 Å². The Bertz CT molecular complexity index is 360. The molecule has 1 amide bonds. The quantitative estimate of drug-likeness (QED) is 0.826. The second-order valence-corrected chi connectivity index (χ2v) is 4.54. The first kappa shape index (κ1) is 12.0. The van der Waals surface area contributed by atoms with E-state index in [1.54, 1.807) is 6.20 Å². The van der Waals surface area contributed by atoms with Crippen LogP contribution in [0.15, 0.2) is 24.4 Å². The third-order valence-electron chi connectivity index (χ3n) is 3.10. The van der Waals surface area contributed by atoms with Gasteiger partial charge in [0.1, 0.15) is 0 Å². The van der Waals surface area contributed by atoms with Crippen LogP contribution in [0, 0.1) is 0 Å². The number of hydrogen-bond donors (Lipinski definition) is 2. The van der Waals surface area contributed by atoms with E-state index in [-0.39, 0.29) is 11.9 Å². The number of aromatic nitrogens is 1. The fourth-order valence-electron chi connectivity index (χ4n) is 2.16. The molecule has 0 spiro atoms. The van der Waals surface area contributed by atoms with Crippen molar-refractivity contribution in [1.82, 2.24) is 15.6 Å². The van der Waals surface area contributed by atoms with Crippen LogP contribution in [-0.2, 0) is 4.79 Å². The Labute approximate surface area is 102 Å². The molecular formula is C13H19N3O. The number of carbonyl (C=O) groups is 1. The van der Waals surface area contributed by atoms with E-state index in [0.717, 1.165) is 18.7 Å². The largest absolute Gasteiger partial charge is 0.348 e. The smallest absolute Gasteiger partial charge is 0.222 e. The molecule has 2 atom stereocenters. The highest BCUT2D eigenvalue weighted by Gasteiger charge is 2.19. The fourth-order valence-corrected chi connectivity index (χ4v) is 2.16. The van der Waals surface area contributed by atoms with E-state index >= 15 is 0 Å². The standard InChI is InChI=1S/C13H19N3O/c1-10(12-6-2-3-7-15-12)16-13(17)9-11-5-4-8-14-11/h2-3,6-7,10-11,14H,4-5,8-9H2,1H3,(H,16,17).